The van der Waals surface area contributed by atoms with Crippen molar-refractivity contribution in [2.75, 3.05) is 0 Å². The van der Waals surface area contributed by atoms with Crippen molar-refractivity contribution in [2.45, 2.75) is 0 Å². The smallest absolute Gasteiger partial charge is 0.239 e. The minimum absolute atomic E-state index is 0.263. The molecule has 1 heterocycles. The van der Waals surface area contributed by atoms with Gasteiger partial charge in [0.15, 0.2) is 0 Å². The average molecular weight is 171 g/mol. The molecule has 0 aliphatic rings. The van der Waals surface area contributed by atoms with E-state index in [-0.39, 0.29) is 5.56 Å². The standard InChI is InChI=1S/C5H5N3O2S/c6-3-5-1-2-8(4-5)11(7,9)10/h1-2,4H,(H2,7,9,10). The van der Waals surface area contributed by atoms with E-state index in [2.05, 4.69) is 0 Å². The number of hydrogen-bond acceptors (Lipinski definition) is 3. The molecule has 0 saturated carbocycles. The first-order valence-corrected chi connectivity index (χ1v) is 4.16. The van der Waals surface area contributed by atoms with Crippen molar-refractivity contribution >= 4 is 10.2 Å². The summed E-state index contributed by atoms with van der Waals surface area (Å²) in [5, 5.41) is 13.1. The Morgan fingerprint density at radius 1 is 1.64 bits per heavy atom. The van der Waals surface area contributed by atoms with Gasteiger partial charge in [-0.15, -0.1) is 0 Å². The lowest BCUT2D eigenvalue weighted by Gasteiger charge is -1.94. The van der Waals surface area contributed by atoms with Crippen LogP contribution in [0.4, 0.5) is 0 Å². The number of nitriles is 1. The first-order valence-electron chi connectivity index (χ1n) is 2.65. The largest absolute Gasteiger partial charge is 0.302 e. The summed E-state index contributed by atoms with van der Waals surface area (Å²) in [5.74, 6) is 0. The molecule has 5 nitrogen and oxygen atoms in total. The summed E-state index contributed by atoms with van der Waals surface area (Å²) in [6, 6.07) is 3.14. The molecule has 0 radical (unpaired) electrons. The maximum absolute atomic E-state index is 10.6. The van der Waals surface area contributed by atoms with Crippen LogP contribution < -0.4 is 5.14 Å². The molecule has 2 N–H and O–H groups in total. The van der Waals surface area contributed by atoms with Crippen molar-refractivity contribution in [1.82, 2.24) is 3.97 Å². The lowest BCUT2D eigenvalue weighted by atomic mass is 10.4. The summed E-state index contributed by atoms with van der Waals surface area (Å²) >= 11 is 0. The normalized spacial score (nSPS) is 10.9. The van der Waals surface area contributed by atoms with Crippen LogP contribution in [0.5, 0.6) is 0 Å². The molecule has 0 unspecified atom stereocenters. The number of rotatable bonds is 1. The summed E-state index contributed by atoms with van der Waals surface area (Å²) in [4.78, 5) is 0. The van der Waals surface area contributed by atoms with Crippen LogP contribution in [0.1, 0.15) is 5.56 Å². The highest BCUT2D eigenvalue weighted by Crippen LogP contribution is 1.99. The number of hydrogen-bond donors (Lipinski definition) is 1. The van der Waals surface area contributed by atoms with Crippen LogP contribution >= 0.6 is 0 Å². The second-order valence-corrected chi connectivity index (χ2v) is 3.34. The molecule has 0 amide bonds. The lowest BCUT2D eigenvalue weighted by molar-refractivity contribution is 0.589. The zero-order valence-electron chi connectivity index (χ0n) is 5.43. The second-order valence-electron chi connectivity index (χ2n) is 1.89. The predicted octanol–water partition coefficient (Wildman–Crippen LogP) is -0.589. The van der Waals surface area contributed by atoms with Crippen LogP contribution in [-0.4, -0.2) is 12.4 Å². The van der Waals surface area contributed by atoms with Gasteiger partial charge in [-0.3, -0.25) is 0 Å². The van der Waals surface area contributed by atoms with Crippen LogP contribution in [0.2, 0.25) is 0 Å². The Morgan fingerprint density at radius 2 is 2.27 bits per heavy atom. The third-order valence-electron chi connectivity index (χ3n) is 1.09. The van der Waals surface area contributed by atoms with Crippen molar-refractivity contribution in [3.05, 3.63) is 24.0 Å². The van der Waals surface area contributed by atoms with Gasteiger partial charge in [0.05, 0.1) is 5.56 Å². The Balaban J connectivity index is 3.22. The van der Waals surface area contributed by atoms with E-state index in [0.717, 1.165) is 10.2 Å². The molecular formula is C5H5N3O2S. The topological polar surface area (TPSA) is 88.9 Å². The molecule has 0 saturated heterocycles. The third-order valence-corrected chi connectivity index (χ3v) is 1.91. The highest BCUT2D eigenvalue weighted by Gasteiger charge is 2.04. The maximum atomic E-state index is 10.6. The van der Waals surface area contributed by atoms with Crippen molar-refractivity contribution in [3.63, 3.8) is 0 Å². The number of nitrogens with zero attached hydrogens (tertiary/aromatic N) is 2. The number of nitrogens with two attached hydrogens (primary N) is 1. The Hall–Kier alpha value is -1.32. The quantitative estimate of drug-likeness (QED) is 0.612. The van der Waals surface area contributed by atoms with Crippen molar-refractivity contribution in [3.8, 4) is 6.07 Å². The molecule has 58 valence electrons. The van der Waals surface area contributed by atoms with Gasteiger partial charge in [-0.2, -0.15) is 13.7 Å². The van der Waals surface area contributed by atoms with Crippen LogP contribution in [-0.2, 0) is 10.2 Å². The zero-order valence-corrected chi connectivity index (χ0v) is 6.25. The molecule has 0 atom stereocenters. The van der Waals surface area contributed by atoms with Gasteiger partial charge in [0.25, 0.3) is 0 Å². The van der Waals surface area contributed by atoms with E-state index < -0.39 is 10.2 Å². The highest BCUT2D eigenvalue weighted by atomic mass is 32.2. The minimum Gasteiger partial charge on any atom is -0.239 e. The highest BCUT2D eigenvalue weighted by molar-refractivity contribution is 7.87. The molecule has 1 rings (SSSR count). The lowest BCUT2D eigenvalue weighted by Crippen LogP contribution is -2.19. The molecule has 0 aromatic carbocycles. The van der Waals surface area contributed by atoms with E-state index >= 15 is 0 Å². The van der Waals surface area contributed by atoms with E-state index in [1.165, 1.54) is 12.3 Å². The molecular weight excluding hydrogens is 166 g/mol. The van der Waals surface area contributed by atoms with Gasteiger partial charge in [-0.1, -0.05) is 0 Å². The fourth-order valence-corrected chi connectivity index (χ4v) is 1.09. The summed E-state index contributed by atoms with van der Waals surface area (Å²) in [7, 11) is -3.73. The van der Waals surface area contributed by atoms with Gasteiger partial charge in [0, 0.05) is 12.4 Å². The van der Waals surface area contributed by atoms with Gasteiger partial charge >= 0.3 is 10.2 Å². The molecule has 6 heteroatoms. The Labute approximate surface area is 63.8 Å². The van der Waals surface area contributed by atoms with E-state index in [9.17, 15) is 8.42 Å². The van der Waals surface area contributed by atoms with Crippen LogP contribution in [0.3, 0.4) is 0 Å². The van der Waals surface area contributed by atoms with Crippen LogP contribution in [0, 0.1) is 11.3 Å². The van der Waals surface area contributed by atoms with Gasteiger partial charge in [-0.25, -0.2) is 9.11 Å². The maximum Gasteiger partial charge on any atom is 0.302 e. The number of aromatic nitrogens is 1. The first kappa shape index (κ1) is 7.78. The fraction of sp³-hybridized carbons (Fsp3) is 0. The van der Waals surface area contributed by atoms with Crippen molar-refractivity contribution in [2.24, 2.45) is 5.14 Å². The molecule has 11 heavy (non-hydrogen) atoms. The average Bonchev–Trinajstić information content (AvgIpc) is 2.32. The third kappa shape index (κ3) is 1.58. The van der Waals surface area contributed by atoms with E-state index in [1.807, 2.05) is 0 Å². The Kier molecular flexibility index (Phi) is 1.68. The molecule has 0 aliphatic carbocycles. The predicted molar refractivity (Wildman–Crippen MR) is 37.7 cm³/mol. The second kappa shape index (κ2) is 2.38. The van der Waals surface area contributed by atoms with Crippen molar-refractivity contribution in [1.29, 1.82) is 5.26 Å². The van der Waals surface area contributed by atoms with Gasteiger partial charge in [-0.05, 0) is 6.07 Å². The molecule has 1 aromatic rings. The zero-order chi connectivity index (χ0) is 8.48. The minimum atomic E-state index is -3.73. The van der Waals surface area contributed by atoms with Gasteiger partial charge < -0.3 is 0 Å². The Morgan fingerprint density at radius 3 is 2.55 bits per heavy atom. The molecule has 0 bridgehead atoms. The van der Waals surface area contributed by atoms with Gasteiger partial charge in [0.2, 0.25) is 0 Å². The summed E-state index contributed by atoms with van der Waals surface area (Å²) in [6.45, 7) is 0. The summed E-state index contributed by atoms with van der Waals surface area (Å²) < 4.78 is 22.0. The first-order chi connectivity index (χ1) is 5.04. The molecule has 0 fully saturated rings. The summed E-state index contributed by atoms with van der Waals surface area (Å²) in [5.41, 5.74) is 0.263. The van der Waals surface area contributed by atoms with Gasteiger partial charge in [0.1, 0.15) is 6.07 Å². The monoisotopic (exact) mass is 171 g/mol. The van der Waals surface area contributed by atoms with Crippen LogP contribution in [0.25, 0.3) is 0 Å². The molecule has 1 aromatic heterocycles. The van der Waals surface area contributed by atoms with E-state index in [0.29, 0.717) is 0 Å². The molecule has 0 aliphatic heterocycles. The van der Waals surface area contributed by atoms with Crippen molar-refractivity contribution < 1.29 is 8.42 Å². The van der Waals surface area contributed by atoms with Crippen LogP contribution in [0.15, 0.2) is 18.5 Å². The SMILES string of the molecule is N#Cc1ccn(S(N)(=O)=O)c1. The Bertz CT molecular complexity index is 398. The summed E-state index contributed by atoms with van der Waals surface area (Å²) in [6.07, 6.45) is 2.36. The van der Waals surface area contributed by atoms with E-state index in [1.54, 1.807) is 6.07 Å². The van der Waals surface area contributed by atoms with E-state index in [4.69, 9.17) is 10.4 Å². The molecule has 0 spiro atoms. The fourth-order valence-electron chi connectivity index (χ4n) is 0.601.